The summed E-state index contributed by atoms with van der Waals surface area (Å²) in [6.07, 6.45) is 0.943. The molecule has 3 nitrogen and oxygen atoms in total. The van der Waals surface area contributed by atoms with E-state index in [1.54, 1.807) is 11.3 Å². The Morgan fingerprint density at radius 2 is 2.24 bits per heavy atom. The van der Waals surface area contributed by atoms with Crippen LogP contribution in [-0.4, -0.2) is 15.8 Å². The number of thiophene rings is 1. The topological polar surface area (TPSA) is 43.8 Å². The Kier molecular flexibility index (Phi) is 3.64. The number of hydrogen-bond donors (Lipinski definition) is 1. The van der Waals surface area contributed by atoms with Gasteiger partial charge in [-0.2, -0.15) is 16.4 Å². The monoisotopic (exact) mass is 249 g/mol. The van der Waals surface area contributed by atoms with E-state index < -0.39 is 0 Å². The van der Waals surface area contributed by atoms with E-state index in [0.717, 1.165) is 12.1 Å². The van der Waals surface area contributed by atoms with Crippen molar-refractivity contribution in [2.45, 2.75) is 39.3 Å². The molecule has 0 aromatic carbocycles. The summed E-state index contributed by atoms with van der Waals surface area (Å²) < 4.78 is 2.06. The number of nitrogens with two attached hydrogens (primary N) is 1. The van der Waals surface area contributed by atoms with Gasteiger partial charge < -0.3 is 5.73 Å². The molecular weight excluding hydrogens is 230 g/mol. The number of aromatic nitrogens is 2. The summed E-state index contributed by atoms with van der Waals surface area (Å²) >= 11 is 1.71. The Morgan fingerprint density at radius 3 is 2.71 bits per heavy atom. The molecule has 0 aliphatic heterocycles. The molecule has 0 bridgehead atoms. The van der Waals surface area contributed by atoms with Gasteiger partial charge in [-0.25, -0.2) is 0 Å². The van der Waals surface area contributed by atoms with Crippen LogP contribution in [0.3, 0.4) is 0 Å². The molecule has 0 saturated carbocycles. The van der Waals surface area contributed by atoms with E-state index >= 15 is 0 Å². The Hall–Kier alpha value is -1.13. The third-order valence-corrected chi connectivity index (χ3v) is 3.77. The van der Waals surface area contributed by atoms with E-state index in [-0.39, 0.29) is 12.1 Å². The van der Waals surface area contributed by atoms with Gasteiger partial charge in [-0.1, -0.05) is 6.92 Å². The normalized spacial score (nSPS) is 14.8. The molecule has 17 heavy (non-hydrogen) atoms. The highest BCUT2D eigenvalue weighted by atomic mass is 32.1. The molecule has 2 aromatic heterocycles. The molecule has 0 fully saturated rings. The predicted molar refractivity (Wildman–Crippen MR) is 72.4 cm³/mol. The first kappa shape index (κ1) is 12.3. The molecule has 2 aromatic rings. The third kappa shape index (κ3) is 2.42. The van der Waals surface area contributed by atoms with Crippen molar-refractivity contribution in [1.82, 2.24) is 9.78 Å². The predicted octanol–water partition coefficient (Wildman–Crippen LogP) is 2.89. The van der Waals surface area contributed by atoms with Gasteiger partial charge in [-0.3, -0.25) is 4.68 Å². The summed E-state index contributed by atoms with van der Waals surface area (Å²) in [4.78, 5) is 0. The lowest BCUT2D eigenvalue weighted by molar-refractivity contribution is 0.416. The van der Waals surface area contributed by atoms with Crippen molar-refractivity contribution in [3.05, 3.63) is 39.8 Å². The van der Waals surface area contributed by atoms with Gasteiger partial charge in [0.1, 0.15) is 0 Å². The number of hydrogen-bond acceptors (Lipinski definition) is 3. The lowest BCUT2D eigenvalue weighted by Gasteiger charge is -2.24. The maximum Gasteiger partial charge on any atom is 0.0930 e. The molecule has 2 rings (SSSR count). The average Bonchev–Trinajstić information content (AvgIpc) is 2.90. The van der Waals surface area contributed by atoms with Crippen molar-refractivity contribution in [1.29, 1.82) is 0 Å². The van der Waals surface area contributed by atoms with Crippen LogP contribution in [0.25, 0.3) is 0 Å². The molecule has 2 unspecified atom stereocenters. The molecule has 0 amide bonds. The zero-order chi connectivity index (χ0) is 12.4. The SMILES string of the molecule is CCC(N)C(c1ccsc1)n1nc(C)cc1C. The molecule has 0 aliphatic carbocycles. The number of nitrogens with zero attached hydrogens (tertiary/aromatic N) is 2. The van der Waals surface area contributed by atoms with E-state index in [0.29, 0.717) is 0 Å². The maximum absolute atomic E-state index is 6.26. The van der Waals surface area contributed by atoms with E-state index in [9.17, 15) is 0 Å². The molecule has 92 valence electrons. The van der Waals surface area contributed by atoms with Crippen LogP contribution in [0, 0.1) is 13.8 Å². The van der Waals surface area contributed by atoms with E-state index in [1.165, 1.54) is 11.3 Å². The van der Waals surface area contributed by atoms with E-state index in [4.69, 9.17) is 5.73 Å². The molecule has 0 spiro atoms. The Bertz CT molecular complexity index is 473. The molecular formula is C13H19N3S. The van der Waals surface area contributed by atoms with Crippen molar-refractivity contribution >= 4 is 11.3 Å². The van der Waals surface area contributed by atoms with Crippen LogP contribution < -0.4 is 5.73 Å². The van der Waals surface area contributed by atoms with Crippen LogP contribution in [0.4, 0.5) is 0 Å². The van der Waals surface area contributed by atoms with Crippen molar-refractivity contribution in [2.24, 2.45) is 5.73 Å². The van der Waals surface area contributed by atoms with Crippen molar-refractivity contribution < 1.29 is 0 Å². The largest absolute Gasteiger partial charge is 0.326 e. The molecule has 4 heteroatoms. The summed E-state index contributed by atoms with van der Waals surface area (Å²) in [5.41, 5.74) is 9.74. The molecule has 0 saturated heterocycles. The fourth-order valence-electron chi connectivity index (χ4n) is 2.16. The van der Waals surface area contributed by atoms with Crippen LogP contribution in [0.5, 0.6) is 0 Å². The van der Waals surface area contributed by atoms with Crippen LogP contribution >= 0.6 is 11.3 Å². The molecule has 2 N–H and O–H groups in total. The van der Waals surface area contributed by atoms with Crippen molar-refractivity contribution in [3.8, 4) is 0 Å². The van der Waals surface area contributed by atoms with Crippen molar-refractivity contribution in [3.63, 3.8) is 0 Å². The lowest BCUT2D eigenvalue weighted by atomic mass is 10.0. The first-order chi connectivity index (χ1) is 8.13. The molecule has 0 radical (unpaired) electrons. The summed E-state index contributed by atoms with van der Waals surface area (Å²) in [6, 6.07) is 4.49. The highest BCUT2D eigenvalue weighted by molar-refractivity contribution is 7.07. The Balaban J connectivity index is 2.44. The van der Waals surface area contributed by atoms with Gasteiger partial charge in [-0.05, 0) is 48.7 Å². The zero-order valence-electron chi connectivity index (χ0n) is 10.6. The summed E-state index contributed by atoms with van der Waals surface area (Å²) in [5.74, 6) is 0. The van der Waals surface area contributed by atoms with Gasteiger partial charge in [0.2, 0.25) is 0 Å². The summed E-state index contributed by atoms with van der Waals surface area (Å²) in [5, 5.41) is 8.83. The van der Waals surface area contributed by atoms with Crippen LogP contribution in [-0.2, 0) is 0 Å². The third-order valence-electron chi connectivity index (χ3n) is 3.07. The highest BCUT2D eigenvalue weighted by Crippen LogP contribution is 2.26. The second-order valence-electron chi connectivity index (χ2n) is 4.45. The van der Waals surface area contributed by atoms with Gasteiger partial charge in [-0.15, -0.1) is 0 Å². The fraction of sp³-hybridized carbons (Fsp3) is 0.462. The number of rotatable bonds is 4. The minimum atomic E-state index is 0.0996. The smallest absolute Gasteiger partial charge is 0.0930 e. The quantitative estimate of drug-likeness (QED) is 0.905. The minimum Gasteiger partial charge on any atom is -0.326 e. The second-order valence-corrected chi connectivity index (χ2v) is 5.23. The van der Waals surface area contributed by atoms with Gasteiger partial charge in [0.05, 0.1) is 11.7 Å². The van der Waals surface area contributed by atoms with Crippen molar-refractivity contribution in [2.75, 3.05) is 0 Å². The first-order valence-corrected chi connectivity index (χ1v) is 6.88. The molecule has 0 aliphatic rings. The van der Waals surface area contributed by atoms with Crippen LogP contribution in [0.1, 0.15) is 36.3 Å². The molecule has 2 heterocycles. The highest BCUT2D eigenvalue weighted by Gasteiger charge is 2.23. The fourth-order valence-corrected chi connectivity index (χ4v) is 2.85. The summed E-state index contributed by atoms with van der Waals surface area (Å²) in [6.45, 7) is 6.23. The Labute approximate surface area is 106 Å². The lowest BCUT2D eigenvalue weighted by Crippen LogP contribution is -2.33. The second kappa shape index (κ2) is 5.02. The number of aryl methyl sites for hydroxylation is 2. The van der Waals surface area contributed by atoms with Crippen LogP contribution in [0.2, 0.25) is 0 Å². The minimum absolute atomic E-state index is 0.0996. The molecule has 2 atom stereocenters. The first-order valence-electron chi connectivity index (χ1n) is 5.94. The average molecular weight is 249 g/mol. The maximum atomic E-state index is 6.26. The van der Waals surface area contributed by atoms with E-state index in [1.807, 2.05) is 6.92 Å². The Morgan fingerprint density at radius 1 is 1.47 bits per heavy atom. The van der Waals surface area contributed by atoms with Gasteiger partial charge in [0.15, 0.2) is 0 Å². The van der Waals surface area contributed by atoms with Gasteiger partial charge in [0, 0.05) is 11.7 Å². The van der Waals surface area contributed by atoms with E-state index in [2.05, 4.69) is 46.5 Å². The van der Waals surface area contributed by atoms with Crippen LogP contribution in [0.15, 0.2) is 22.9 Å². The van der Waals surface area contributed by atoms with Gasteiger partial charge >= 0.3 is 0 Å². The zero-order valence-corrected chi connectivity index (χ0v) is 11.4. The summed E-state index contributed by atoms with van der Waals surface area (Å²) in [7, 11) is 0. The standard InChI is InChI=1S/C13H19N3S/c1-4-12(14)13(11-5-6-17-8-11)16-10(3)7-9(2)15-16/h5-8,12-13H,4,14H2,1-3H3. The van der Waals surface area contributed by atoms with Gasteiger partial charge in [0.25, 0.3) is 0 Å².